The lowest BCUT2D eigenvalue weighted by atomic mass is 10.1. The normalized spacial score (nSPS) is 13.7. The van der Waals surface area contributed by atoms with Crippen LogP contribution < -0.4 is 16.9 Å². The third-order valence-corrected chi connectivity index (χ3v) is 7.24. The van der Waals surface area contributed by atoms with Gasteiger partial charge in [-0.2, -0.15) is 13.2 Å². The molecule has 0 radical (unpaired) electrons. The highest BCUT2D eigenvalue weighted by Gasteiger charge is 2.36. The summed E-state index contributed by atoms with van der Waals surface area (Å²) < 4.78 is 51.1. The number of rotatable bonds is 7. The predicted molar refractivity (Wildman–Crippen MR) is 141 cm³/mol. The van der Waals surface area contributed by atoms with Crippen LogP contribution in [0.1, 0.15) is 41.3 Å². The van der Waals surface area contributed by atoms with Gasteiger partial charge in [-0.25, -0.2) is 14.4 Å². The molecule has 4 aromatic rings. The topological polar surface area (TPSA) is 97.2 Å². The Morgan fingerprint density at radius 2 is 1.77 bits per heavy atom. The van der Waals surface area contributed by atoms with E-state index in [1.54, 1.807) is 23.7 Å². The van der Waals surface area contributed by atoms with Crippen molar-refractivity contribution in [1.82, 2.24) is 18.3 Å². The zero-order chi connectivity index (χ0) is 28.9. The molecule has 0 aliphatic heterocycles. The molecule has 2 aromatic heterocycles. The van der Waals surface area contributed by atoms with E-state index in [1.807, 2.05) is 0 Å². The molecule has 9 nitrogen and oxygen atoms in total. The lowest BCUT2D eigenvalue weighted by Gasteiger charge is -2.17. The Hall–Kier alpha value is -4.06. The van der Waals surface area contributed by atoms with Gasteiger partial charge in [0.1, 0.15) is 5.56 Å². The smallest absolute Gasteiger partial charge is 0.418 e. The largest absolute Gasteiger partial charge is 0.462 e. The van der Waals surface area contributed by atoms with E-state index in [9.17, 15) is 32.3 Å². The minimum absolute atomic E-state index is 0.0761. The number of esters is 1. The first kappa shape index (κ1) is 27.5. The second kappa shape index (κ2) is 10.2. The van der Waals surface area contributed by atoms with Crippen molar-refractivity contribution in [2.75, 3.05) is 6.61 Å². The van der Waals surface area contributed by atoms with Crippen LogP contribution in [0.15, 0.2) is 57.0 Å². The molecule has 1 aliphatic rings. The number of carbonyl (C=O) groups is 1. The van der Waals surface area contributed by atoms with Crippen LogP contribution in [-0.2, 0) is 31.1 Å². The molecular weight excluding hydrogens is 553 g/mol. The van der Waals surface area contributed by atoms with Gasteiger partial charge >= 0.3 is 23.5 Å². The Labute approximate surface area is 229 Å². The fourth-order valence-corrected chi connectivity index (χ4v) is 5.05. The quantitative estimate of drug-likeness (QED) is 0.310. The van der Waals surface area contributed by atoms with Crippen LogP contribution in [0.3, 0.4) is 0 Å². The molecule has 0 unspecified atom stereocenters. The van der Waals surface area contributed by atoms with Crippen LogP contribution in [-0.4, -0.2) is 30.8 Å². The first-order valence-corrected chi connectivity index (χ1v) is 12.9. The van der Waals surface area contributed by atoms with Gasteiger partial charge in [-0.05, 0) is 55.5 Å². The van der Waals surface area contributed by atoms with Crippen molar-refractivity contribution >= 4 is 28.6 Å². The molecule has 1 fully saturated rings. The van der Waals surface area contributed by atoms with Crippen LogP contribution >= 0.6 is 11.6 Å². The standard InChI is InChI=1S/C27H24ClF3N4O5/c1-3-40-24(37)18-14-33(17-9-10-20-21(11-17)34(12-15-7-8-15)25(38)32(20)2)26(39)35(23(18)36)13-16-5-4-6-19(28)22(16)27(29,30)31/h4-6,9-11,14-15H,3,7-8,12-13H2,1-2H3. The van der Waals surface area contributed by atoms with Crippen LogP contribution in [0.4, 0.5) is 13.2 Å². The van der Waals surface area contributed by atoms with Crippen LogP contribution in [0.25, 0.3) is 16.7 Å². The molecule has 40 heavy (non-hydrogen) atoms. The Bertz CT molecular complexity index is 1830. The number of carbonyl (C=O) groups excluding carboxylic acids is 1. The molecule has 13 heteroatoms. The molecule has 5 rings (SSSR count). The number of benzene rings is 2. The van der Waals surface area contributed by atoms with Gasteiger partial charge in [0.15, 0.2) is 0 Å². The Kier molecular flexibility index (Phi) is 6.99. The monoisotopic (exact) mass is 576 g/mol. The number of imidazole rings is 1. The minimum atomic E-state index is -4.86. The summed E-state index contributed by atoms with van der Waals surface area (Å²) in [5.41, 5.74) is -3.14. The van der Waals surface area contributed by atoms with Crippen molar-refractivity contribution in [3.05, 3.63) is 95.6 Å². The van der Waals surface area contributed by atoms with Gasteiger partial charge in [0, 0.05) is 19.8 Å². The van der Waals surface area contributed by atoms with E-state index in [4.69, 9.17) is 16.3 Å². The summed E-state index contributed by atoms with van der Waals surface area (Å²) in [7, 11) is 1.63. The van der Waals surface area contributed by atoms with Crippen LogP contribution in [0.2, 0.25) is 5.02 Å². The maximum absolute atomic E-state index is 13.8. The molecule has 1 saturated carbocycles. The first-order valence-electron chi connectivity index (χ1n) is 12.5. The number of halogens is 4. The van der Waals surface area contributed by atoms with Crippen molar-refractivity contribution < 1.29 is 22.7 Å². The number of hydrogen-bond acceptors (Lipinski definition) is 5. The zero-order valence-corrected chi connectivity index (χ0v) is 22.3. The number of alkyl halides is 3. The van der Waals surface area contributed by atoms with Crippen molar-refractivity contribution in [1.29, 1.82) is 0 Å². The molecule has 2 heterocycles. The van der Waals surface area contributed by atoms with Gasteiger partial charge in [0.05, 0.1) is 40.5 Å². The molecule has 0 saturated heterocycles. The fraction of sp³-hybridized carbons (Fsp3) is 0.333. The average molecular weight is 577 g/mol. The SMILES string of the molecule is CCOC(=O)c1cn(-c2ccc3c(c2)n(CC2CC2)c(=O)n3C)c(=O)n(Cc2cccc(Cl)c2C(F)(F)F)c1=O. The zero-order valence-electron chi connectivity index (χ0n) is 21.5. The highest BCUT2D eigenvalue weighted by Crippen LogP contribution is 2.37. The number of fused-ring (bicyclic) bond motifs is 1. The van der Waals surface area contributed by atoms with Gasteiger partial charge in [-0.1, -0.05) is 23.7 Å². The molecule has 2 aromatic carbocycles. The second-order valence-corrected chi connectivity index (χ2v) is 10.1. The van der Waals surface area contributed by atoms with Crippen molar-refractivity contribution in [3.63, 3.8) is 0 Å². The Morgan fingerprint density at radius 1 is 1.05 bits per heavy atom. The van der Waals surface area contributed by atoms with Gasteiger partial charge in [0.25, 0.3) is 5.56 Å². The number of aromatic nitrogens is 4. The number of ether oxygens (including phenoxy) is 1. The predicted octanol–water partition coefficient (Wildman–Crippen LogP) is 3.96. The number of hydrogen-bond donors (Lipinski definition) is 0. The summed E-state index contributed by atoms with van der Waals surface area (Å²) in [4.78, 5) is 52.5. The van der Waals surface area contributed by atoms with E-state index in [-0.39, 0.29) is 18.0 Å². The molecule has 210 valence electrons. The van der Waals surface area contributed by atoms with Gasteiger partial charge in [0.2, 0.25) is 0 Å². The third-order valence-electron chi connectivity index (χ3n) is 6.92. The van der Waals surface area contributed by atoms with E-state index in [0.29, 0.717) is 28.1 Å². The van der Waals surface area contributed by atoms with E-state index in [1.165, 1.54) is 23.6 Å². The lowest BCUT2D eigenvalue weighted by Crippen LogP contribution is -2.42. The van der Waals surface area contributed by atoms with E-state index >= 15 is 0 Å². The Balaban J connectivity index is 1.73. The number of aryl methyl sites for hydroxylation is 1. The maximum atomic E-state index is 13.8. The van der Waals surface area contributed by atoms with E-state index in [2.05, 4.69) is 0 Å². The van der Waals surface area contributed by atoms with E-state index in [0.717, 1.165) is 35.7 Å². The molecule has 0 amide bonds. The summed E-state index contributed by atoms with van der Waals surface area (Å²) in [6, 6.07) is 8.16. The van der Waals surface area contributed by atoms with Gasteiger partial charge in [-0.3, -0.25) is 23.1 Å². The van der Waals surface area contributed by atoms with Crippen LogP contribution in [0, 0.1) is 5.92 Å². The summed E-state index contributed by atoms with van der Waals surface area (Å²) in [6.45, 7) is 1.14. The average Bonchev–Trinajstić information content (AvgIpc) is 3.68. The fourth-order valence-electron chi connectivity index (χ4n) is 4.75. The summed E-state index contributed by atoms with van der Waals surface area (Å²) in [6.07, 6.45) is -1.85. The van der Waals surface area contributed by atoms with Crippen LogP contribution in [0.5, 0.6) is 0 Å². The molecule has 0 spiro atoms. The van der Waals surface area contributed by atoms with Crippen molar-refractivity contribution in [2.24, 2.45) is 13.0 Å². The highest BCUT2D eigenvalue weighted by molar-refractivity contribution is 6.31. The number of nitrogens with zero attached hydrogens (tertiary/aromatic N) is 4. The lowest BCUT2D eigenvalue weighted by molar-refractivity contribution is -0.138. The maximum Gasteiger partial charge on any atom is 0.418 e. The summed E-state index contributed by atoms with van der Waals surface area (Å²) in [5.74, 6) is -0.670. The van der Waals surface area contributed by atoms with Gasteiger partial charge < -0.3 is 4.74 Å². The Morgan fingerprint density at radius 3 is 2.42 bits per heavy atom. The third kappa shape index (κ3) is 4.87. The molecule has 1 aliphatic carbocycles. The van der Waals surface area contributed by atoms with Crippen molar-refractivity contribution in [2.45, 2.75) is 39.0 Å². The second-order valence-electron chi connectivity index (χ2n) is 9.65. The van der Waals surface area contributed by atoms with E-state index < -0.39 is 51.7 Å². The van der Waals surface area contributed by atoms with Crippen molar-refractivity contribution in [3.8, 4) is 5.69 Å². The minimum Gasteiger partial charge on any atom is -0.462 e. The molecular formula is C27H24ClF3N4O5. The summed E-state index contributed by atoms with van der Waals surface area (Å²) >= 11 is 5.84. The first-order chi connectivity index (χ1) is 18.9. The molecule has 0 atom stereocenters. The summed E-state index contributed by atoms with van der Waals surface area (Å²) in [5, 5.41) is -0.594. The molecule has 0 N–H and O–H groups in total. The van der Waals surface area contributed by atoms with Gasteiger partial charge in [-0.15, -0.1) is 0 Å². The highest BCUT2D eigenvalue weighted by atomic mass is 35.5. The molecule has 0 bridgehead atoms.